The lowest BCUT2D eigenvalue weighted by atomic mass is 9.98. The van der Waals surface area contributed by atoms with Gasteiger partial charge < -0.3 is 10.4 Å². The highest BCUT2D eigenvalue weighted by Gasteiger charge is 2.22. The van der Waals surface area contributed by atoms with Gasteiger partial charge in [0.15, 0.2) is 5.78 Å². The van der Waals surface area contributed by atoms with Crippen LogP contribution in [-0.2, 0) is 4.79 Å². The van der Waals surface area contributed by atoms with Gasteiger partial charge in [-0.05, 0) is 20.4 Å². The summed E-state index contributed by atoms with van der Waals surface area (Å²) in [7, 11) is 1.55. The van der Waals surface area contributed by atoms with Crippen molar-refractivity contribution in [2.75, 3.05) is 7.05 Å². The zero-order chi connectivity index (χ0) is 15.3. The standard InChI is InChI=1S/C13H16N2O5/c1-8-3-4-9(7-11(8)15(19)20)13(18)10(14-2)5-6-12(16)17/h3-4,7,10,14H,5-6H2,1-2H3,(H,16,17). The van der Waals surface area contributed by atoms with Crippen LogP contribution in [0.2, 0.25) is 0 Å². The number of hydrogen-bond donors (Lipinski definition) is 2. The number of nitro benzene ring substituents is 1. The number of ketones is 1. The van der Waals surface area contributed by atoms with Gasteiger partial charge in [-0.1, -0.05) is 12.1 Å². The lowest BCUT2D eigenvalue weighted by Gasteiger charge is -2.14. The van der Waals surface area contributed by atoms with Crippen LogP contribution in [0.15, 0.2) is 18.2 Å². The molecule has 1 rings (SSSR count). The molecular formula is C13H16N2O5. The summed E-state index contributed by atoms with van der Waals surface area (Å²) in [6.45, 7) is 1.59. The molecule has 0 saturated heterocycles. The molecule has 0 spiro atoms. The van der Waals surface area contributed by atoms with Crippen LogP contribution >= 0.6 is 0 Å². The van der Waals surface area contributed by atoms with E-state index >= 15 is 0 Å². The van der Waals surface area contributed by atoms with Crippen LogP contribution in [0.1, 0.15) is 28.8 Å². The Hall–Kier alpha value is -2.28. The highest BCUT2D eigenvalue weighted by molar-refractivity contribution is 6.00. The molecule has 7 heteroatoms. The van der Waals surface area contributed by atoms with E-state index in [1.165, 1.54) is 18.2 Å². The van der Waals surface area contributed by atoms with E-state index in [1.807, 2.05) is 0 Å². The number of likely N-dealkylation sites (N-methyl/N-ethyl adjacent to an activating group) is 1. The molecule has 0 bridgehead atoms. The summed E-state index contributed by atoms with van der Waals surface area (Å²) in [5, 5.41) is 22.2. The van der Waals surface area contributed by atoms with Crippen LogP contribution in [0.5, 0.6) is 0 Å². The van der Waals surface area contributed by atoms with Crippen molar-refractivity contribution in [1.82, 2.24) is 5.32 Å². The molecule has 0 heterocycles. The number of nitrogens with zero attached hydrogens (tertiary/aromatic N) is 1. The number of aryl methyl sites for hydroxylation is 1. The van der Waals surface area contributed by atoms with Crippen molar-refractivity contribution in [2.45, 2.75) is 25.8 Å². The molecule has 0 saturated carbocycles. The second kappa shape index (κ2) is 6.76. The summed E-state index contributed by atoms with van der Waals surface area (Å²) in [6, 6.07) is 3.57. The van der Waals surface area contributed by atoms with E-state index < -0.39 is 16.9 Å². The van der Waals surface area contributed by atoms with Gasteiger partial charge in [0.25, 0.3) is 5.69 Å². The average Bonchev–Trinajstić information content (AvgIpc) is 2.39. The van der Waals surface area contributed by atoms with Gasteiger partial charge in [0, 0.05) is 23.6 Å². The number of rotatable bonds is 7. The maximum Gasteiger partial charge on any atom is 0.303 e. The van der Waals surface area contributed by atoms with Crippen LogP contribution in [0.3, 0.4) is 0 Å². The normalized spacial score (nSPS) is 11.9. The summed E-state index contributed by atoms with van der Waals surface area (Å²) >= 11 is 0. The molecule has 0 aliphatic rings. The highest BCUT2D eigenvalue weighted by atomic mass is 16.6. The number of benzene rings is 1. The zero-order valence-corrected chi connectivity index (χ0v) is 11.3. The van der Waals surface area contributed by atoms with E-state index in [9.17, 15) is 19.7 Å². The Morgan fingerprint density at radius 3 is 2.60 bits per heavy atom. The molecule has 0 radical (unpaired) electrons. The number of carboxylic acids is 1. The molecular weight excluding hydrogens is 264 g/mol. The number of hydrogen-bond acceptors (Lipinski definition) is 5. The summed E-state index contributed by atoms with van der Waals surface area (Å²) < 4.78 is 0. The van der Waals surface area contributed by atoms with Crippen molar-refractivity contribution >= 4 is 17.4 Å². The molecule has 1 aromatic rings. The van der Waals surface area contributed by atoms with Crippen molar-refractivity contribution in [1.29, 1.82) is 0 Å². The average molecular weight is 280 g/mol. The molecule has 1 unspecified atom stereocenters. The monoisotopic (exact) mass is 280 g/mol. The molecule has 0 amide bonds. The van der Waals surface area contributed by atoms with Crippen molar-refractivity contribution in [2.24, 2.45) is 0 Å². The minimum atomic E-state index is -0.993. The molecule has 1 atom stereocenters. The van der Waals surface area contributed by atoms with Gasteiger partial charge in [-0.3, -0.25) is 19.7 Å². The van der Waals surface area contributed by atoms with Crippen molar-refractivity contribution in [3.63, 3.8) is 0 Å². The van der Waals surface area contributed by atoms with Gasteiger partial charge in [-0.2, -0.15) is 0 Å². The third-order valence-electron chi connectivity index (χ3n) is 3.00. The quantitative estimate of drug-likeness (QED) is 0.445. The Labute approximate surface area is 115 Å². The third-order valence-corrected chi connectivity index (χ3v) is 3.00. The number of aliphatic carboxylic acids is 1. The SMILES string of the molecule is CNC(CCC(=O)O)C(=O)c1ccc(C)c([N+](=O)[O-])c1. The molecule has 0 aliphatic carbocycles. The summed E-state index contributed by atoms with van der Waals surface area (Å²) in [5.74, 6) is -1.34. The highest BCUT2D eigenvalue weighted by Crippen LogP contribution is 2.20. The topological polar surface area (TPSA) is 110 Å². The van der Waals surface area contributed by atoms with E-state index in [1.54, 1.807) is 14.0 Å². The fraction of sp³-hybridized carbons (Fsp3) is 0.385. The molecule has 2 N–H and O–H groups in total. The van der Waals surface area contributed by atoms with Crippen molar-refractivity contribution in [3.05, 3.63) is 39.4 Å². The van der Waals surface area contributed by atoms with E-state index in [0.29, 0.717) is 5.56 Å². The number of carbonyl (C=O) groups excluding carboxylic acids is 1. The van der Waals surface area contributed by atoms with Gasteiger partial charge in [0.1, 0.15) is 0 Å². The molecule has 0 fully saturated rings. The Morgan fingerprint density at radius 2 is 2.10 bits per heavy atom. The summed E-state index contributed by atoms with van der Waals surface area (Å²) in [4.78, 5) is 33.0. The van der Waals surface area contributed by atoms with Crippen molar-refractivity contribution < 1.29 is 19.6 Å². The molecule has 20 heavy (non-hydrogen) atoms. The number of nitro groups is 1. The smallest absolute Gasteiger partial charge is 0.303 e. The number of Topliss-reactive ketones (excluding diaryl/α,β-unsaturated/α-hetero) is 1. The second-order valence-corrected chi connectivity index (χ2v) is 4.40. The van der Waals surface area contributed by atoms with E-state index in [2.05, 4.69) is 5.32 Å². The van der Waals surface area contributed by atoms with Gasteiger partial charge in [-0.15, -0.1) is 0 Å². The van der Waals surface area contributed by atoms with Gasteiger partial charge in [0.05, 0.1) is 11.0 Å². The molecule has 0 aromatic heterocycles. The van der Waals surface area contributed by atoms with E-state index in [0.717, 1.165) is 0 Å². The Kier molecular flexibility index (Phi) is 5.33. The summed E-state index contributed by atoms with van der Waals surface area (Å²) in [6.07, 6.45) is -0.0163. The first-order valence-corrected chi connectivity index (χ1v) is 6.05. The first-order valence-electron chi connectivity index (χ1n) is 6.05. The van der Waals surface area contributed by atoms with Crippen molar-refractivity contribution in [3.8, 4) is 0 Å². The predicted molar refractivity (Wildman–Crippen MR) is 71.9 cm³/mol. The first-order chi connectivity index (χ1) is 9.36. The lowest BCUT2D eigenvalue weighted by molar-refractivity contribution is -0.385. The van der Waals surface area contributed by atoms with Crippen LogP contribution < -0.4 is 5.32 Å². The van der Waals surface area contributed by atoms with Gasteiger partial charge >= 0.3 is 5.97 Å². The largest absolute Gasteiger partial charge is 0.481 e. The van der Waals surface area contributed by atoms with Gasteiger partial charge in [0.2, 0.25) is 0 Å². The molecule has 7 nitrogen and oxygen atoms in total. The number of carboxylic acid groups (broad SMARTS) is 1. The van der Waals surface area contributed by atoms with E-state index in [4.69, 9.17) is 5.11 Å². The first kappa shape index (κ1) is 15.8. The maximum atomic E-state index is 12.2. The Bertz CT molecular complexity index is 542. The molecule has 0 aliphatic heterocycles. The minimum absolute atomic E-state index is 0.121. The maximum absolute atomic E-state index is 12.2. The second-order valence-electron chi connectivity index (χ2n) is 4.40. The predicted octanol–water partition coefficient (Wildman–Crippen LogP) is 1.54. The Morgan fingerprint density at radius 1 is 1.45 bits per heavy atom. The molecule has 108 valence electrons. The van der Waals surface area contributed by atoms with Crippen LogP contribution in [-0.4, -0.2) is 34.9 Å². The van der Waals surface area contributed by atoms with Crippen LogP contribution in [0.4, 0.5) is 5.69 Å². The van der Waals surface area contributed by atoms with Crippen LogP contribution in [0, 0.1) is 17.0 Å². The Balaban J connectivity index is 2.97. The van der Waals surface area contributed by atoms with Gasteiger partial charge in [-0.25, -0.2) is 0 Å². The fourth-order valence-corrected chi connectivity index (χ4v) is 1.83. The van der Waals surface area contributed by atoms with E-state index in [-0.39, 0.29) is 29.9 Å². The number of carbonyl (C=O) groups is 2. The zero-order valence-electron chi connectivity index (χ0n) is 11.3. The third kappa shape index (κ3) is 3.86. The number of nitrogens with one attached hydrogen (secondary N) is 1. The summed E-state index contributed by atoms with van der Waals surface area (Å²) in [5.41, 5.74) is 0.550. The lowest BCUT2D eigenvalue weighted by Crippen LogP contribution is -2.34. The molecule has 1 aromatic carbocycles. The minimum Gasteiger partial charge on any atom is -0.481 e. The fourth-order valence-electron chi connectivity index (χ4n) is 1.83. The van der Waals surface area contributed by atoms with Crippen LogP contribution in [0.25, 0.3) is 0 Å².